The zero-order valence-corrected chi connectivity index (χ0v) is 6.71. The third-order valence-electron chi connectivity index (χ3n) is 1.02. The molecule has 1 heteroatoms. The number of ether oxygens (including phenoxy) is 1. The Morgan fingerprint density at radius 3 is 3.00 bits per heavy atom. The first-order chi connectivity index (χ1) is 5.31. The fraction of sp³-hybridized carbons (Fsp3) is 0.200. The van der Waals surface area contributed by atoms with Gasteiger partial charge in [0.25, 0.3) is 0 Å². The minimum absolute atomic E-state index is 0.317. The fourth-order valence-corrected chi connectivity index (χ4v) is 0.411. The van der Waals surface area contributed by atoms with Gasteiger partial charge in [-0.1, -0.05) is 30.2 Å². The summed E-state index contributed by atoms with van der Waals surface area (Å²) in [5.74, 6) is 2.36. The average molecular weight is 148 g/mol. The molecule has 0 heterocycles. The Morgan fingerprint density at radius 1 is 1.73 bits per heavy atom. The summed E-state index contributed by atoms with van der Waals surface area (Å²) in [6.07, 6.45) is 12.0. The van der Waals surface area contributed by atoms with Crippen molar-refractivity contribution in [2.45, 2.75) is 6.92 Å². The van der Waals surface area contributed by atoms with E-state index in [0.717, 1.165) is 5.57 Å². The second kappa shape index (κ2) is 6.70. The highest BCUT2D eigenvalue weighted by molar-refractivity contribution is 5.18. The van der Waals surface area contributed by atoms with E-state index >= 15 is 0 Å². The smallest absolute Gasteiger partial charge is 0.147 e. The lowest BCUT2D eigenvalue weighted by molar-refractivity contribution is 0.296. The van der Waals surface area contributed by atoms with Crippen LogP contribution < -0.4 is 0 Å². The highest BCUT2D eigenvalue weighted by Crippen LogP contribution is 1.92. The van der Waals surface area contributed by atoms with Gasteiger partial charge in [0.15, 0.2) is 0 Å². The van der Waals surface area contributed by atoms with E-state index in [1.807, 2.05) is 13.0 Å². The maximum atomic E-state index is 4.96. The fourth-order valence-electron chi connectivity index (χ4n) is 0.411. The van der Waals surface area contributed by atoms with Gasteiger partial charge in [-0.25, -0.2) is 0 Å². The quantitative estimate of drug-likeness (QED) is 0.257. The summed E-state index contributed by atoms with van der Waals surface area (Å²) in [5, 5.41) is 0. The van der Waals surface area contributed by atoms with Crippen molar-refractivity contribution in [3.63, 3.8) is 0 Å². The van der Waals surface area contributed by atoms with Gasteiger partial charge in [-0.2, -0.15) is 0 Å². The minimum atomic E-state index is 0.317. The van der Waals surface area contributed by atoms with E-state index in [0.29, 0.717) is 6.61 Å². The molecule has 0 aliphatic carbocycles. The lowest BCUT2D eigenvalue weighted by Crippen LogP contribution is -1.78. The van der Waals surface area contributed by atoms with E-state index in [1.165, 1.54) is 0 Å². The van der Waals surface area contributed by atoms with Crippen LogP contribution >= 0.6 is 0 Å². The van der Waals surface area contributed by atoms with Crippen molar-refractivity contribution in [1.29, 1.82) is 0 Å². The zero-order valence-electron chi connectivity index (χ0n) is 6.71. The van der Waals surface area contributed by atoms with Crippen molar-refractivity contribution in [3.05, 3.63) is 36.6 Å². The first-order valence-electron chi connectivity index (χ1n) is 3.32. The summed E-state index contributed by atoms with van der Waals surface area (Å²) in [6.45, 7) is 5.87. The van der Waals surface area contributed by atoms with Crippen LogP contribution in [0.15, 0.2) is 36.6 Å². The molecular weight excluding hydrogens is 136 g/mol. The number of hydrogen-bond donors (Lipinski definition) is 0. The lowest BCUT2D eigenvalue weighted by Gasteiger charge is -1.89. The van der Waals surface area contributed by atoms with Crippen molar-refractivity contribution >= 4 is 0 Å². The predicted octanol–water partition coefficient (Wildman–Crippen LogP) is 2.28. The second-order valence-corrected chi connectivity index (χ2v) is 1.96. The highest BCUT2D eigenvalue weighted by Gasteiger charge is 1.73. The summed E-state index contributed by atoms with van der Waals surface area (Å²) in [7, 11) is 0. The summed E-state index contributed by atoms with van der Waals surface area (Å²) in [4.78, 5) is 0. The summed E-state index contributed by atoms with van der Waals surface area (Å²) in [5.41, 5.74) is 1.09. The van der Waals surface area contributed by atoms with Gasteiger partial charge in [0.05, 0.1) is 6.26 Å². The highest BCUT2D eigenvalue weighted by atomic mass is 16.5. The van der Waals surface area contributed by atoms with Crippen LogP contribution in [0.5, 0.6) is 0 Å². The molecule has 58 valence electrons. The summed E-state index contributed by atoms with van der Waals surface area (Å²) >= 11 is 0. The van der Waals surface area contributed by atoms with Gasteiger partial charge in [-0.05, 0) is 13.0 Å². The Balaban J connectivity index is 3.60. The maximum Gasteiger partial charge on any atom is 0.147 e. The molecule has 0 spiro atoms. The molecule has 0 atom stereocenters. The van der Waals surface area contributed by atoms with E-state index < -0.39 is 0 Å². The molecule has 0 N–H and O–H groups in total. The van der Waals surface area contributed by atoms with Crippen LogP contribution in [0.25, 0.3) is 0 Å². The van der Waals surface area contributed by atoms with Crippen LogP contribution in [0.1, 0.15) is 6.92 Å². The van der Waals surface area contributed by atoms with Crippen LogP contribution in [0, 0.1) is 12.3 Å². The van der Waals surface area contributed by atoms with Crippen molar-refractivity contribution < 1.29 is 4.74 Å². The molecule has 0 saturated carbocycles. The van der Waals surface area contributed by atoms with Gasteiger partial charge in [0, 0.05) is 0 Å². The largest absolute Gasteiger partial charge is 0.489 e. The Labute approximate surface area is 68.1 Å². The number of hydrogen-bond acceptors (Lipinski definition) is 1. The standard InChI is InChI=1S/C10H12O/c1-4-8-11-9-6-7-10(3)5-2/h1,5-7,9H,2,8H2,3H3/b9-6+,10-7-. The van der Waals surface area contributed by atoms with Gasteiger partial charge >= 0.3 is 0 Å². The van der Waals surface area contributed by atoms with Crippen LogP contribution in [-0.4, -0.2) is 6.61 Å². The zero-order chi connectivity index (χ0) is 8.53. The van der Waals surface area contributed by atoms with Crippen molar-refractivity contribution in [2.24, 2.45) is 0 Å². The molecule has 0 saturated heterocycles. The molecule has 0 rings (SSSR count). The molecule has 0 aliphatic rings. The molecule has 0 aromatic rings. The van der Waals surface area contributed by atoms with E-state index in [1.54, 1.807) is 18.4 Å². The normalized spacial score (nSPS) is 11.1. The van der Waals surface area contributed by atoms with E-state index in [9.17, 15) is 0 Å². The molecule has 1 nitrogen and oxygen atoms in total. The molecule has 0 aromatic carbocycles. The number of terminal acetylenes is 1. The SMILES string of the molecule is C#CCO/C=C/C=C(/C)C=C. The van der Waals surface area contributed by atoms with Gasteiger partial charge in [-0.15, -0.1) is 6.42 Å². The number of rotatable bonds is 4. The van der Waals surface area contributed by atoms with E-state index in [4.69, 9.17) is 11.2 Å². The third-order valence-corrected chi connectivity index (χ3v) is 1.02. The van der Waals surface area contributed by atoms with Gasteiger partial charge in [0.2, 0.25) is 0 Å². The lowest BCUT2D eigenvalue weighted by atomic mass is 10.3. The van der Waals surface area contributed by atoms with Gasteiger partial charge < -0.3 is 4.74 Å². The van der Waals surface area contributed by atoms with Crippen molar-refractivity contribution in [3.8, 4) is 12.3 Å². The van der Waals surface area contributed by atoms with Crippen molar-refractivity contribution in [2.75, 3.05) is 6.61 Å². The molecule has 0 fully saturated rings. The predicted molar refractivity (Wildman–Crippen MR) is 47.9 cm³/mol. The summed E-state index contributed by atoms with van der Waals surface area (Å²) < 4.78 is 4.88. The van der Waals surface area contributed by atoms with Gasteiger partial charge in [0.1, 0.15) is 6.61 Å². The molecule has 0 aliphatic heterocycles. The first-order valence-corrected chi connectivity index (χ1v) is 3.32. The van der Waals surface area contributed by atoms with Crippen LogP contribution in [0.3, 0.4) is 0 Å². The molecule has 0 aromatic heterocycles. The van der Waals surface area contributed by atoms with E-state index in [-0.39, 0.29) is 0 Å². The topological polar surface area (TPSA) is 9.23 Å². The molecule has 0 bridgehead atoms. The Morgan fingerprint density at radius 2 is 2.45 bits per heavy atom. The van der Waals surface area contributed by atoms with Crippen LogP contribution in [0.2, 0.25) is 0 Å². The molecule has 0 amide bonds. The van der Waals surface area contributed by atoms with Crippen LogP contribution in [0.4, 0.5) is 0 Å². The van der Waals surface area contributed by atoms with Crippen LogP contribution in [-0.2, 0) is 4.74 Å². The van der Waals surface area contributed by atoms with E-state index in [2.05, 4.69) is 12.5 Å². The molecular formula is C10H12O. The molecule has 11 heavy (non-hydrogen) atoms. The molecule has 0 radical (unpaired) electrons. The first kappa shape index (κ1) is 9.58. The average Bonchev–Trinajstić information content (AvgIpc) is 2.04. The summed E-state index contributed by atoms with van der Waals surface area (Å²) in [6, 6.07) is 0. The Bertz CT molecular complexity index is 203. The minimum Gasteiger partial charge on any atom is -0.489 e. The monoisotopic (exact) mass is 148 g/mol. The Kier molecular flexibility index (Phi) is 5.83. The van der Waals surface area contributed by atoms with Gasteiger partial charge in [-0.3, -0.25) is 0 Å². The Hall–Kier alpha value is -1.42. The third kappa shape index (κ3) is 6.47. The van der Waals surface area contributed by atoms with Crippen molar-refractivity contribution in [1.82, 2.24) is 0 Å². The maximum absolute atomic E-state index is 4.96. The molecule has 0 unspecified atom stereocenters. The second-order valence-electron chi connectivity index (χ2n) is 1.96. The number of allylic oxidation sites excluding steroid dienone is 4.